The van der Waals surface area contributed by atoms with E-state index in [0.29, 0.717) is 63.7 Å². The van der Waals surface area contributed by atoms with Gasteiger partial charge in [-0.1, -0.05) is 96.5 Å². The van der Waals surface area contributed by atoms with Crippen LogP contribution in [0, 0.1) is 0 Å². The number of aliphatic carboxylic acids is 1. The summed E-state index contributed by atoms with van der Waals surface area (Å²) in [6.07, 6.45) is 1.62. The summed E-state index contributed by atoms with van der Waals surface area (Å²) in [6.45, 7) is 4.49. The third-order valence-electron chi connectivity index (χ3n) is 8.41. The molecular weight excluding hydrogens is 629 g/mol. The molecule has 7 nitrogen and oxygen atoms in total. The van der Waals surface area contributed by atoms with Crippen LogP contribution in [0.3, 0.4) is 0 Å². The lowest BCUT2D eigenvalue weighted by Gasteiger charge is -2.46. The van der Waals surface area contributed by atoms with Crippen LogP contribution in [0.15, 0.2) is 103 Å². The number of piperazine rings is 1. The number of allylic oxidation sites excluding steroid dienone is 2. The van der Waals surface area contributed by atoms with Crippen molar-refractivity contribution in [3.8, 4) is 0 Å². The highest BCUT2D eigenvalue weighted by Gasteiger charge is 2.34. The molecule has 3 aromatic carbocycles. The van der Waals surface area contributed by atoms with E-state index in [9.17, 15) is 18.0 Å². The van der Waals surface area contributed by atoms with Crippen molar-refractivity contribution in [3.05, 3.63) is 136 Å². The highest BCUT2D eigenvalue weighted by atomic mass is 35.5. The van der Waals surface area contributed by atoms with E-state index in [4.69, 9.17) is 26.8 Å². The molecule has 0 bridgehead atoms. The van der Waals surface area contributed by atoms with Crippen LogP contribution in [0.2, 0.25) is 5.02 Å². The monoisotopic (exact) mass is 667 g/mol. The van der Waals surface area contributed by atoms with Gasteiger partial charge in [-0.3, -0.25) is 14.6 Å². The summed E-state index contributed by atoms with van der Waals surface area (Å²) in [5.41, 5.74) is 1.81. The molecule has 0 spiro atoms. The smallest absolute Gasteiger partial charge is 0.417 e. The Hall–Kier alpha value is -3.83. The average molecular weight is 668 g/mol. The van der Waals surface area contributed by atoms with Crippen molar-refractivity contribution < 1.29 is 27.8 Å². The van der Waals surface area contributed by atoms with E-state index in [1.807, 2.05) is 59.5 Å². The van der Waals surface area contributed by atoms with Gasteiger partial charge < -0.3 is 20.1 Å². The summed E-state index contributed by atoms with van der Waals surface area (Å²) < 4.78 is 47.1. The van der Waals surface area contributed by atoms with Gasteiger partial charge in [-0.2, -0.15) is 13.2 Å². The number of rotatable bonds is 14. The molecule has 2 aliphatic heterocycles. The second-order valence-electron chi connectivity index (χ2n) is 11.7. The van der Waals surface area contributed by atoms with Gasteiger partial charge in [-0.05, 0) is 41.4 Å². The Kier molecular flexibility index (Phi) is 12.0. The number of ether oxygens (including phenoxy) is 1. The number of halogens is 4. The molecule has 0 amide bonds. The van der Waals surface area contributed by atoms with Crippen LogP contribution in [-0.2, 0) is 22.3 Å². The third kappa shape index (κ3) is 9.84. The summed E-state index contributed by atoms with van der Waals surface area (Å²) in [7, 11) is 0. The number of nitrogens with zero attached hydrogens (tertiary/aromatic N) is 4. The zero-order valence-electron chi connectivity index (χ0n) is 26.0. The molecule has 2 aliphatic rings. The van der Waals surface area contributed by atoms with Crippen LogP contribution in [-0.4, -0.2) is 84.4 Å². The molecule has 1 fully saturated rings. The maximum Gasteiger partial charge on any atom is 0.417 e. The van der Waals surface area contributed by atoms with Crippen molar-refractivity contribution >= 4 is 17.6 Å². The third-order valence-corrected chi connectivity index (χ3v) is 8.86. The molecule has 1 unspecified atom stereocenters. The summed E-state index contributed by atoms with van der Waals surface area (Å²) in [5, 5.41) is 13.5. The SMILES string of the molecule is O=C(O)CN1CCN(C2C=CC=C(OCCCN(Cc3cccc(C(F)(F)F)c3Cl)CC(c3ccccc3)c3ccccc3)[N-]2)CC1. The summed E-state index contributed by atoms with van der Waals surface area (Å²) in [6, 6.07) is 24.3. The molecule has 1 saturated heterocycles. The van der Waals surface area contributed by atoms with Gasteiger partial charge in [0.25, 0.3) is 0 Å². The predicted molar refractivity (Wildman–Crippen MR) is 177 cm³/mol. The summed E-state index contributed by atoms with van der Waals surface area (Å²) in [5.74, 6) is -0.323. The minimum Gasteiger partial charge on any atom is -0.636 e. The lowest BCUT2D eigenvalue weighted by atomic mass is 9.90. The number of carboxylic acids is 1. The van der Waals surface area contributed by atoms with Crippen molar-refractivity contribution in [3.63, 3.8) is 0 Å². The van der Waals surface area contributed by atoms with Crippen LogP contribution >= 0.6 is 11.6 Å². The Bertz CT molecular complexity index is 1470. The van der Waals surface area contributed by atoms with Crippen molar-refractivity contribution in [2.24, 2.45) is 0 Å². The topological polar surface area (TPSA) is 70.4 Å². The van der Waals surface area contributed by atoms with Crippen LogP contribution < -0.4 is 0 Å². The Morgan fingerprint density at radius 1 is 0.979 bits per heavy atom. The second-order valence-corrected chi connectivity index (χ2v) is 12.1. The van der Waals surface area contributed by atoms with Gasteiger partial charge in [0.15, 0.2) is 0 Å². The number of alkyl halides is 3. The summed E-state index contributed by atoms with van der Waals surface area (Å²) >= 11 is 6.35. The molecule has 3 aromatic rings. The number of hydrogen-bond donors (Lipinski definition) is 1. The van der Waals surface area contributed by atoms with E-state index in [1.165, 1.54) is 6.07 Å². The summed E-state index contributed by atoms with van der Waals surface area (Å²) in [4.78, 5) is 17.3. The maximum absolute atomic E-state index is 13.7. The molecule has 11 heteroatoms. The zero-order valence-corrected chi connectivity index (χ0v) is 26.8. The Labute approximate surface area is 278 Å². The molecule has 0 aromatic heterocycles. The van der Waals surface area contributed by atoms with Gasteiger partial charge in [0.1, 0.15) is 0 Å². The van der Waals surface area contributed by atoms with Crippen molar-refractivity contribution in [2.45, 2.75) is 31.2 Å². The van der Waals surface area contributed by atoms with Gasteiger partial charge >= 0.3 is 12.1 Å². The van der Waals surface area contributed by atoms with Crippen LogP contribution in [0.1, 0.15) is 34.6 Å². The quantitative estimate of drug-likeness (QED) is 0.183. The van der Waals surface area contributed by atoms with Crippen molar-refractivity contribution in [1.29, 1.82) is 0 Å². The maximum atomic E-state index is 13.7. The van der Waals surface area contributed by atoms with Crippen LogP contribution in [0.4, 0.5) is 13.2 Å². The molecule has 0 saturated carbocycles. The standard InChI is InChI=1S/C36H39ClF3N4O3/c37-35-29(14-7-15-31(35)36(38,39)40)24-43(25-30(27-10-3-1-4-11-27)28-12-5-2-6-13-28)18-9-23-47-33-17-8-16-32(41-33)44-21-19-42(20-22-44)26-34(45)46/h1-8,10-17,30,32H,9,18-26H2,(H,45,46)/q-1. The first-order valence-electron chi connectivity index (χ1n) is 15.7. The molecule has 250 valence electrons. The van der Waals surface area contributed by atoms with Crippen LogP contribution in [0.5, 0.6) is 0 Å². The molecule has 1 N–H and O–H groups in total. The fraction of sp³-hybridized carbons (Fsp3) is 0.361. The molecule has 47 heavy (non-hydrogen) atoms. The van der Waals surface area contributed by atoms with E-state index in [1.54, 1.807) is 6.07 Å². The van der Waals surface area contributed by atoms with Gasteiger partial charge in [-0.15, -0.1) is 0 Å². The largest absolute Gasteiger partial charge is 0.636 e. The normalized spacial score (nSPS) is 17.5. The molecule has 0 aliphatic carbocycles. The Morgan fingerprint density at radius 3 is 2.26 bits per heavy atom. The second kappa shape index (κ2) is 16.3. The van der Waals surface area contributed by atoms with Crippen LogP contribution in [0.25, 0.3) is 5.32 Å². The number of carboxylic acid groups (broad SMARTS) is 1. The lowest BCUT2D eigenvalue weighted by molar-refractivity contribution is -0.139. The first-order valence-corrected chi connectivity index (χ1v) is 16.1. The van der Waals surface area contributed by atoms with E-state index in [2.05, 4.69) is 34.1 Å². The minimum absolute atomic E-state index is 0.0131. The number of hydrogen-bond acceptors (Lipinski definition) is 5. The first kappa shape index (κ1) is 34.5. The lowest BCUT2D eigenvalue weighted by Crippen LogP contribution is -2.50. The van der Waals surface area contributed by atoms with Crippen molar-refractivity contribution in [1.82, 2.24) is 14.7 Å². The highest BCUT2D eigenvalue weighted by Crippen LogP contribution is 2.37. The number of carbonyl (C=O) groups is 1. The van der Waals surface area contributed by atoms with Gasteiger partial charge in [0.05, 0.1) is 23.7 Å². The van der Waals surface area contributed by atoms with Gasteiger partial charge in [0, 0.05) is 57.6 Å². The van der Waals surface area contributed by atoms with E-state index < -0.39 is 17.7 Å². The molecule has 0 radical (unpaired) electrons. The Morgan fingerprint density at radius 2 is 1.64 bits per heavy atom. The average Bonchev–Trinajstić information content (AvgIpc) is 3.06. The molecule has 1 atom stereocenters. The van der Waals surface area contributed by atoms with Crippen molar-refractivity contribution in [2.75, 3.05) is 52.4 Å². The van der Waals surface area contributed by atoms with E-state index >= 15 is 0 Å². The highest BCUT2D eigenvalue weighted by molar-refractivity contribution is 6.32. The van der Waals surface area contributed by atoms with Gasteiger partial charge in [-0.25, -0.2) is 0 Å². The predicted octanol–water partition coefficient (Wildman–Crippen LogP) is 7.21. The minimum atomic E-state index is -4.54. The van der Waals surface area contributed by atoms with E-state index in [0.717, 1.165) is 17.2 Å². The van der Waals surface area contributed by atoms with E-state index in [-0.39, 0.29) is 30.2 Å². The Balaban J connectivity index is 1.24. The van der Waals surface area contributed by atoms with Gasteiger partial charge in [0.2, 0.25) is 0 Å². The molecule has 5 rings (SSSR count). The molecular formula is C36H39ClF3N4O3-. The fourth-order valence-electron chi connectivity index (χ4n) is 6.01. The first-order chi connectivity index (χ1) is 22.7. The fourth-order valence-corrected chi connectivity index (χ4v) is 6.31. The zero-order chi connectivity index (χ0) is 33.2. The number of benzene rings is 3. The molecule has 2 heterocycles.